The Morgan fingerprint density at radius 1 is 1.38 bits per heavy atom. The number of thiophene rings is 1. The van der Waals surface area contributed by atoms with Gasteiger partial charge in [0.05, 0.1) is 3.79 Å². The molecule has 0 N–H and O–H groups in total. The third kappa shape index (κ3) is 4.33. The Morgan fingerprint density at radius 3 is 2.44 bits per heavy atom. The lowest BCUT2D eigenvalue weighted by atomic mass is 10.2. The van der Waals surface area contributed by atoms with Gasteiger partial charge >= 0.3 is 0 Å². The van der Waals surface area contributed by atoms with Crippen molar-refractivity contribution in [2.45, 2.75) is 26.6 Å². The number of carbonyl (C=O) groups excluding carboxylic acids is 1. The minimum atomic E-state index is -0.726. The summed E-state index contributed by atoms with van der Waals surface area (Å²) in [5.74, 6) is -0.0296. The van der Waals surface area contributed by atoms with E-state index in [1.807, 2.05) is 26.0 Å². The van der Waals surface area contributed by atoms with Crippen molar-refractivity contribution < 1.29 is 14.3 Å². The SMILES string of the molecule is CCOC(OCC)C(=O)Cc1ccc(Br)s1. The molecule has 0 aliphatic carbocycles. The van der Waals surface area contributed by atoms with Crippen LogP contribution in [-0.2, 0) is 20.7 Å². The Balaban J connectivity index is 2.54. The van der Waals surface area contributed by atoms with Crippen molar-refractivity contribution in [2.24, 2.45) is 0 Å². The number of halogens is 1. The van der Waals surface area contributed by atoms with Crippen molar-refractivity contribution in [3.63, 3.8) is 0 Å². The first kappa shape index (κ1) is 13.8. The molecule has 16 heavy (non-hydrogen) atoms. The molecule has 0 unspecified atom stereocenters. The summed E-state index contributed by atoms with van der Waals surface area (Å²) in [6, 6.07) is 3.87. The Labute approximate surface area is 108 Å². The number of Topliss-reactive ketones (excluding diaryl/α,β-unsaturated/α-hetero) is 1. The highest BCUT2D eigenvalue weighted by Gasteiger charge is 2.19. The summed E-state index contributed by atoms with van der Waals surface area (Å²) in [5, 5.41) is 0. The number of ketones is 1. The van der Waals surface area contributed by atoms with Crippen LogP contribution in [0, 0.1) is 0 Å². The zero-order valence-corrected chi connectivity index (χ0v) is 11.8. The van der Waals surface area contributed by atoms with Crippen molar-refractivity contribution in [3.8, 4) is 0 Å². The minimum absolute atomic E-state index is 0.0296. The molecular formula is C11H15BrO3S. The van der Waals surface area contributed by atoms with E-state index in [1.165, 1.54) is 0 Å². The molecule has 0 saturated carbocycles. The predicted octanol–water partition coefficient (Wildman–Crippen LogP) is 3.02. The summed E-state index contributed by atoms with van der Waals surface area (Å²) in [5.41, 5.74) is 0. The van der Waals surface area contributed by atoms with E-state index in [0.717, 1.165) is 8.66 Å². The van der Waals surface area contributed by atoms with Gasteiger partial charge in [-0.25, -0.2) is 0 Å². The summed E-state index contributed by atoms with van der Waals surface area (Å²) in [6.07, 6.45) is -0.364. The highest BCUT2D eigenvalue weighted by molar-refractivity contribution is 9.11. The van der Waals surface area contributed by atoms with Crippen LogP contribution in [0.4, 0.5) is 0 Å². The van der Waals surface area contributed by atoms with Crippen molar-refractivity contribution in [3.05, 3.63) is 20.8 Å². The van der Waals surface area contributed by atoms with E-state index in [2.05, 4.69) is 15.9 Å². The maximum Gasteiger partial charge on any atom is 0.218 e. The molecule has 3 nitrogen and oxygen atoms in total. The molecule has 90 valence electrons. The van der Waals surface area contributed by atoms with Gasteiger partial charge < -0.3 is 9.47 Å². The molecule has 0 bridgehead atoms. The van der Waals surface area contributed by atoms with E-state index >= 15 is 0 Å². The number of rotatable bonds is 7. The highest BCUT2D eigenvalue weighted by Crippen LogP contribution is 2.23. The monoisotopic (exact) mass is 306 g/mol. The molecular weight excluding hydrogens is 292 g/mol. The molecule has 0 aliphatic rings. The largest absolute Gasteiger partial charge is 0.346 e. The fourth-order valence-corrected chi connectivity index (χ4v) is 2.73. The van der Waals surface area contributed by atoms with Gasteiger partial charge in [-0.1, -0.05) is 0 Å². The highest BCUT2D eigenvalue weighted by atomic mass is 79.9. The van der Waals surface area contributed by atoms with E-state index in [9.17, 15) is 4.79 Å². The zero-order chi connectivity index (χ0) is 12.0. The second-order valence-corrected chi connectivity index (χ2v) is 5.64. The molecule has 1 heterocycles. The number of hydrogen-bond donors (Lipinski definition) is 0. The van der Waals surface area contributed by atoms with E-state index in [4.69, 9.17) is 9.47 Å². The minimum Gasteiger partial charge on any atom is -0.346 e. The van der Waals surface area contributed by atoms with Crippen molar-refractivity contribution in [2.75, 3.05) is 13.2 Å². The van der Waals surface area contributed by atoms with Crippen LogP contribution in [0.1, 0.15) is 18.7 Å². The third-order valence-corrected chi connectivity index (χ3v) is 3.50. The topological polar surface area (TPSA) is 35.5 Å². The Morgan fingerprint density at radius 2 is 2.00 bits per heavy atom. The van der Waals surface area contributed by atoms with Crippen LogP contribution in [0.25, 0.3) is 0 Å². The van der Waals surface area contributed by atoms with Gasteiger partial charge in [0, 0.05) is 24.5 Å². The van der Waals surface area contributed by atoms with Crippen molar-refractivity contribution >= 4 is 33.0 Å². The van der Waals surface area contributed by atoms with Crippen molar-refractivity contribution in [1.82, 2.24) is 0 Å². The summed E-state index contributed by atoms with van der Waals surface area (Å²) in [7, 11) is 0. The van der Waals surface area contributed by atoms with E-state index in [1.54, 1.807) is 11.3 Å². The molecule has 5 heteroatoms. The number of hydrogen-bond acceptors (Lipinski definition) is 4. The average molecular weight is 307 g/mol. The van der Waals surface area contributed by atoms with Crippen LogP contribution in [0.2, 0.25) is 0 Å². The molecule has 0 aliphatic heterocycles. The number of ether oxygens (including phenoxy) is 2. The van der Waals surface area contributed by atoms with E-state index < -0.39 is 6.29 Å². The molecule has 0 saturated heterocycles. The molecule has 0 fully saturated rings. The molecule has 1 aromatic heterocycles. The maximum atomic E-state index is 11.8. The van der Waals surface area contributed by atoms with Gasteiger partial charge in [0.25, 0.3) is 0 Å². The van der Waals surface area contributed by atoms with Gasteiger partial charge in [-0.2, -0.15) is 0 Å². The normalized spacial score (nSPS) is 11.0. The lowest BCUT2D eigenvalue weighted by Gasteiger charge is -2.14. The summed E-state index contributed by atoms with van der Waals surface area (Å²) < 4.78 is 11.5. The Kier molecular flexibility index (Phi) is 6.20. The first-order valence-electron chi connectivity index (χ1n) is 5.17. The van der Waals surface area contributed by atoms with Gasteiger partial charge in [-0.3, -0.25) is 4.79 Å². The molecule has 0 spiro atoms. The Bertz CT molecular complexity index is 332. The van der Waals surface area contributed by atoms with Crippen LogP contribution in [0.15, 0.2) is 15.9 Å². The average Bonchev–Trinajstić information content (AvgIpc) is 2.63. The van der Waals surface area contributed by atoms with Crippen LogP contribution in [0.5, 0.6) is 0 Å². The third-order valence-electron chi connectivity index (χ3n) is 1.88. The van der Waals surface area contributed by atoms with Gasteiger partial charge in [0.2, 0.25) is 6.29 Å². The summed E-state index contributed by atoms with van der Waals surface area (Å²) >= 11 is 4.92. The van der Waals surface area contributed by atoms with Gasteiger partial charge in [0.1, 0.15) is 0 Å². The second kappa shape index (κ2) is 7.17. The molecule has 0 amide bonds. The quantitative estimate of drug-likeness (QED) is 0.726. The molecule has 0 atom stereocenters. The fraction of sp³-hybridized carbons (Fsp3) is 0.545. The van der Waals surface area contributed by atoms with Crippen LogP contribution in [0.3, 0.4) is 0 Å². The zero-order valence-electron chi connectivity index (χ0n) is 9.36. The van der Waals surface area contributed by atoms with Gasteiger partial charge in [0.15, 0.2) is 5.78 Å². The van der Waals surface area contributed by atoms with Gasteiger partial charge in [-0.05, 0) is 41.9 Å². The first-order chi connectivity index (χ1) is 7.67. The lowest BCUT2D eigenvalue weighted by Crippen LogP contribution is -2.28. The van der Waals surface area contributed by atoms with E-state index in [-0.39, 0.29) is 5.78 Å². The number of carbonyl (C=O) groups is 1. The summed E-state index contributed by atoms with van der Waals surface area (Å²) in [4.78, 5) is 12.9. The lowest BCUT2D eigenvalue weighted by molar-refractivity contribution is -0.167. The van der Waals surface area contributed by atoms with E-state index in [0.29, 0.717) is 19.6 Å². The first-order valence-corrected chi connectivity index (χ1v) is 6.78. The van der Waals surface area contributed by atoms with Crippen LogP contribution >= 0.6 is 27.3 Å². The standard InChI is InChI=1S/C11H15BrO3S/c1-3-14-11(15-4-2)9(13)7-8-5-6-10(12)16-8/h5-6,11H,3-4,7H2,1-2H3. The predicted molar refractivity (Wildman–Crippen MR) is 67.8 cm³/mol. The molecule has 0 radical (unpaired) electrons. The van der Waals surface area contributed by atoms with Crippen LogP contribution in [-0.4, -0.2) is 25.3 Å². The van der Waals surface area contributed by atoms with Crippen LogP contribution < -0.4 is 0 Å². The fourth-order valence-electron chi connectivity index (χ4n) is 1.24. The molecule has 1 rings (SSSR count). The Hall–Kier alpha value is -0.230. The summed E-state index contributed by atoms with van der Waals surface area (Å²) in [6.45, 7) is 4.65. The maximum absolute atomic E-state index is 11.8. The second-order valence-electron chi connectivity index (χ2n) is 3.09. The van der Waals surface area contributed by atoms with Crippen molar-refractivity contribution in [1.29, 1.82) is 0 Å². The molecule has 1 aromatic rings. The molecule has 0 aromatic carbocycles. The van der Waals surface area contributed by atoms with Gasteiger partial charge in [-0.15, -0.1) is 11.3 Å². The smallest absolute Gasteiger partial charge is 0.218 e.